The molecule has 0 aromatic carbocycles. The summed E-state index contributed by atoms with van der Waals surface area (Å²) in [5, 5.41) is 0. The zero-order valence-electron chi connectivity index (χ0n) is 3.44. The van der Waals surface area contributed by atoms with Gasteiger partial charge in [-0.05, 0) is 0 Å². The first-order valence-corrected chi connectivity index (χ1v) is 1.70. The van der Waals surface area contributed by atoms with E-state index in [1.54, 1.807) is 0 Å². The van der Waals surface area contributed by atoms with Crippen LogP contribution in [-0.2, 0) is 9.39 Å². The van der Waals surface area contributed by atoms with Crippen LogP contribution in [0, 0.1) is 13.3 Å². The van der Waals surface area contributed by atoms with Crippen LogP contribution in [0.1, 0.15) is 6.42 Å². The van der Waals surface area contributed by atoms with Crippen LogP contribution in [0.15, 0.2) is 0 Å². The van der Waals surface area contributed by atoms with Gasteiger partial charge in [-0.25, -0.2) is 0 Å². The summed E-state index contributed by atoms with van der Waals surface area (Å²) >= 11 is 0. The van der Waals surface area contributed by atoms with Crippen molar-refractivity contribution in [2.75, 3.05) is 6.61 Å². The van der Waals surface area contributed by atoms with E-state index in [1.165, 1.54) is 6.33 Å². The van der Waals surface area contributed by atoms with Crippen molar-refractivity contribution in [3.63, 3.8) is 0 Å². The van der Waals surface area contributed by atoms with Gasteiger partial charge in [-0.3, -0.25) is 0 Å². The van der Waals surface area contributed by atoms with Crippen LogP contribution in [0.25, 0.3) is 0 Å². The Balaban J connectivity index is 2.54. The second kappa shape index (κ2) is 4.54. The molecule has 0 radical (unpaired) electrons. The summed E-state index contributed by atoms with van der Waals surface area (Å²) in [6.45, 7) is 3.80. The first-order valence-electron chi connectivity index (χ1n) is 1.70. The van der Waals surface area contributed by atoms with E-state index in [9.17, 15) is 4.65 Å². The molecule has 0 rings (SSSR count). The molecule has 0 saturated heterocycles. The van der Waals surface area contributed by atoms with E-state index in [2.05, 4.69) is 11.7 Å². The molecule has 0 bridgehead atoms. The van der Waals surface area contributed by atoms with Crippen molar-refractivity contribution in [3.8, 4) is 6.33 Å². The standard InChI is InChI=1S/C4H6O2/c1-2-3-6-4-5/h1-3H2. The Kier molecular flexibility index (Phi) is 4.19. The van der Waals surface area contributed by atoms with Gasteiger partial charge >= 0.3 is 35.7 Å². The Labute approximate surface area is 36.8 Å². The molecule has 0 amide bonds. The second-order valence-corrected chi connectivity index (χ2v) is 0.785. The Morgan fingerprint density at radius 2 is 2.50 bits per heavy atom. The number of hydrogen-bond acceptors (Lipinski definition) is 1. The van der Waals surface area contributed by atoms with Gasteiger partial charge in [-0.2, -0.15) is 0 Å². The minimum absolute atomic E-state index is 0.378. The molecule has 6 heavy (non-hydrogen) atoms. The van der Waals surface area contributed by atoms with Crippen LogP contribution < -0.4 is 0 Å². The molecule has 0 heterocycles. The fourth-order valence-electron chi connectivity index (χ4n) is 0.114. The van der Waals surface area contributed by atoms with Crippen LogP contribution >= 0.6 is 0 Å². The van der Waals surface area contributed by atoms with E-state index in [1.807, 2.05) is 0 Å². The fourth-order valence-corrected chi connectivity index (χ4v) is 0.114. The van der Waals surface area contributed by atoms with Crippen molar-refractivity contribution in [1.29, 1.82) is 0 Å². The minimum atomic E-state index is 0.378. The Bertz CT molecular complexity index is 53.1. The predicted octanol–water partition coefficient (Wildman–Crippen LogP) is 0.574. The van der Waals surface area contributed by atoms with E-state index in [0.717, 1.165) is 0 Å². The molecule has 0 aliphatic rings. The van der Waals surface area contributed by atoms with Gasteiger partial charge in [0.15, 0.2) is 0 Å². The Hall–Kier alpha value is -0.460. The van der Waals surface area contributed by atoms with Gasteiger partial charge < -0.3 is 0 Å². The Morgan fingerprint density at radius 3 is 2.67 bits per heavy atom. The van der Waals surface area contributed by atoms with E-state index in [0.29, 0.717) is 13.0 Å². The maximum absolute atomic E-state index is 9.19. The van der Waals surface area contributed by atoms with Gasteiger partial charge in [0.05, 0.1) is 0 Å². The summed E-state index contributed by atoms with van der Waals surface area (Å²) in [6, 6.07) is 0. The molecule has 0 fully saturated rings. The monoisotopic (exact) mass is 86.0 g/mol. The van der Waals surface area contributed by atoms with Crippen molar-refractivity contribution < 1.29 is 9.39 Å². The summed E-state index contributed by atoms with van der Waals surface area (Å²) in [4.78, 5) is 0. The number of rotatable bonds is 2. The molecule has 0 aromatic heterocycles. The third-order valence-corrected chi connectivity index (χ3v) is 0.305. The van der Waals surface area contributed by atoms with Crippen LogP contribution in [0.2, 0.25) is 0 Å². The molecule has 0 N–H and O–H groups in total. The summed E-state index contributed by atoms with van der Waals surface area (Å²) in [6.07, 6.45) is 1.90. The van der Waals surface area contributed by atoms with Gasteiger partial charge in [-0.1, -0.05) is 0 Å². The van der Waals surface area contributed by atoms with Crippen LogP contribution in [0.3, 0.4) is 0 Å². The van der Waals surface area contributed by atoms with Gasteiger partial charge in [0.1, 0.15) is 0 Å². The first kappa shape index (κ1) is 5.54. The van der Waals surface area contributed by atoms with Crippen molar-refractivity contribution >= 4 is 0 Å². The fraction of sp³-hybridized carbons (Fsp3) is 0.500. The van der Waals surface area contributed by atoms with E-state index >= 15 is 0 Å². The summed E-state index contributed by atoms with van der Waals surface area (Å²) in [5.74, 6) is 0. The van der Waals surface area contributed by atoms with Crippen LogP contribution in [0.4, 0.5) is 0 Å². The Morgan fingerprint density at radius 1 is 1.83 bits per heavy atom. The average molecular weight is 86.1 g/mol. The normalized spacial score (nSPS) is 6.67. The molecular formula is C4H6O2. The molecule has 0 saturated carbocycles. The molecule has 2 heteroatoms. The second-order valence-electron chi connectivity index (χ2n) is 0.785. The predicted molar refractivity (Wildman–Crippen MR) is 20.5 cm³/mol. The van der Waals surface area contributed by atoms with Crippen molar-refractivity contribution in [2.45, 2.75) is 6.42 Å². The maximum atomic E-state index is 9.19. The quantitative estimate of drug-likeness (QED) is 0.274. The molecular weight excluding hydrogens is 80.0 g/mol. The van der Waals surface area contributed by atoms with Crippen molar-refractivity contribution in [1.82, 2.24) is 0 Å². The first-order chi connectivity index (χ1) is 2.91. The van der Waals surface area contributed by atoms with E-state index in [-0.39, 0.29) is 0 Å². The third-order valence-electron chi connectivity index (χ3n) is 0.305. The molecule has 2 nitrogen and oxygen atoms in total. The van der Waals surface area contributed by atoms with Crippen molar-refractivity contribution in [2.24, 2.45) is 0 Å². The summed E-state index contributed by atoms with van der Waals surface area (Å²) in [5.41, 5.74) is 0. The molecule has 34 valence electrons. The number of ether oxygens (including phenoxy) is 1. The molecule has 0 spiro atoms. The average Bonchev–Trinajstić information content (AvgIpc) is 1.61. The van der Waals surface area contributed by atoms with E-state index < -0.39 is 0 Å². The number of hydrogen-bond donors (Lipinski definition) is 0. The molecule has 0 aliphatic heterocycles. The van der Waals surface area contributed by atoms with Gasteiger partial charge in [-0.15, -0.1) is 0 Å². The SMILES string of the molecule is [CH2-]CCOC#[O+]. The summed E-state index contributed by atoms with van der Waals surface area (Å²) < 4.78 is 13.3. The molecule has 0 aromatic rings. The zero-order chi connectivity index (χ0) is 4.83. The summed E-state index contributed by atoms with van der Waals surface area (Å²) in [7, 11) is 0. The van der Waals surface area contributed by atoms with E-state index in [4.69, 9.17) is 0 Å². The zero-order valence-corrected chi connectivity index (χ0v) is 3.44. The van der Waals surface area contributed by atoms with Gasteiger partial charge in [0.25, 0.3) is 0 Å². The molecule has 0 unspecified atom stereocenters. The molecule has 0 aliphatic carbocycles. The van der Waals surface area contributed by atoms with Crippen LogP contribution in [0.5, 0.6) is 0 Å². The molecule has 0 atom stereocenters. The van der Waals surface area contributed by atoms with Gasteiger partial charge in [0, 0.05) is 0 Å². The van der Waals surface area contributed by atoms with Crippen molar-refractivity contribution in [3.05, 3.63) is 6.92 Å². The topological polar surface area (TPSA) is 29.1 Å². The van der Waals surface area contributed by atoms with Gasteiger partial charge in [0.2, 0.25) is 0 Å². The van der Waals surface area contributed by atoms with Crippen LogP contribution in [-0.4, -0.2) is 6.61 Å². The third kappa shape index (κ3) is 3.54.